The highest BCUT2D eigenvalue weighted by Gasteiger charge is 2.15. The fraction of sp³-hybridized carbons (Fsp3) is 0.222. The molecule has 21 heavy (non-hydrogen) atoms. The lowest BCUT2D eigenvalue weighted by Gasteiger charge is -2.16. The Morgan fingerprint density at radius 2 is 1.86 bits per heavy atom. The van der Waals surface area contributed by atoms with Crippen molar-refractivity contribution in [1.82, 2.24) is 0 Å². The minimum atomic E-state index is 0.239. The zero-order chi connectivity index (χ0) is 15.0. The number of benzene rings is 2. The Kier molecular flexibility index (Phi) is 3.92. The SMILES string of the molecule is Cc1ccc(NC(C)c2sc3ccccc3c2C)c(Cl)c1. The monoisotopic (exact) mass is 315 g/mol. The largest absolute Gasteiger partial charge is 0.376 e. The first-order chi connectivity index (χ1) is 10.1. The standard InChI is InChI=1S/C18H18ClNS/c1-11-8-9-16(15(19)10-11)20-13(3)18-12(2)14-6-4-5-7-17(14)21-18/h4-10,13,20H,1-3H3. The van der Waals surface area contributed by atoms with E-state index in [4.69, 9.17) is 11.6 Å². The van der Waals surface area contributed by atoms with E-state index in [1.807, 2.05) is 17.4 Å². The van der Waals surface area contributed by atoms with Crippen molar-refractivity contribution in [1.29, 1.82) is 0 Å². The molecule has 0 aliphatic heterocycles. The highest BCUT2D eigenvalue weighted by Crippen LogP contribution is 2.36. The van der Waals surface area contributed by atoms with Crippen LogP contribution in [0.4, 0.5) is 5.69 Å². The Balaban J connectivity index is 1.93. The first-order valence-electron chi connectivity index (χ1n) is 7.07. The van der Waals surface area contributed by atoms with Gasteiger partial charge in [0.2, 0.25) is 0 Å². The molecule has 3 heteroatoms. The Hall–Kier alpha value is -1.51. The maximum Gasteiger partial charge on any atom is 0.0640 e. The number of fused-ring (bicyclic) bond motifs is 1. The summed E-state index contributed by atoms with van der Waals surface area (Å²) in [5, 5.41) is 5.66. The fourth-order valence-corrected chi connectivity index (χ4v) is 4.15. The van der Waals surface area contributed by atoms with E-state index in [1.54, 1.807) is 0 Å². The van der Waals surface area contributed by atoms with Gasteiger partial charge in [-0.2, -0.15) is 0 Å². The molecule has 0 bridgehead atoms. The van der Waals surface area contributed by atoms with Gasteiger partial charge in [-0.3, -0.25) is 0 Å². The van der Waals surface area contributed by atoms with Crippen LogP contribution < -0.4 is 5.32 Å². The smallest absolute Gasteiger partial charge is 0.0640 e. The molecule has 0 fully saturated rings. The summed E-state index contributed by atoms with van der Waals surface area (Å²) in [7, 11) is 0. The fourth-order valence-electron chi connectivity index (χ4n) is 2.64. The van der Waals surface area contributed by atoms with Crippen LogP contribution in [0, 0.1) is 13.8 Å². The molecule has 0 aliphatic rings. The lowest BCUT2D eigenvalue weighted by atomic mass is 10.1. The van der Waals surface area contributed by atoms with Crippen LogP contribution >= 0.6 is 22.9 Å². The van der Waals surface area contributed by atoms with Crippen LogP contribution in [-0.4, -0.2) is 0 Å². The maximum absolute atomic E-state index is 6.32. The molecule has 2 aromatic carbocycles. The quantitative estimate of drug-likeness (QED) is 0.594. The third-order valence-corrected chi connectivity index (χ3v) is 5.54. The van der Waals surface area contributed by atoms with Gasteiger partial charge >= 0.3 is 0 Å². The van der Waals surface area contributed by atoms with Crippen LogP contribution in [0.3, 0.4) is 0 Å². The van der Waals surface area contributed by atoms with Crippen molar-refractivity contribution in [3.63, 3.8) is 0 Å². The summed E-state index contributed by atoms with van der Waals surface area (Å²) in [5.74, 6) is 0. The summed E-state index contributed by atoms with van der Waals surface area (Å²) in [6.07, 6.45) is 0. The summed E-state index contributed by atoms with van der Waals surface area (Å²) in [6, 6.07) is 14.9. The Morgan fingerprint density at radius 1 is 1.10 bits per heavy atom. The summed E-state index contributed by atoms with van der Waals surface area (Å²) in [6.45, 7) is 6.44. The first-order valence-corrected chi connectivity index (χ1v) is 8.26. The lowest BCUT2D eigenvalue weighted by Crippen LogP contribution is -2.06. The van der Waals surface area contributed by atoms with E-state index in [2.05, 4.69) is 62.5 Å². The zero-order valence-electron chi connectivity index (χ0n) is 12.4. The van der Waals surface area contributed by atoms with Gasteiger partial charge in [0.05, 0.1) is 16.8 Å². The molecule has 0 amide bonds. The first kappa shape index (κ1) is 14.4. The molecule has 0 spiro atoms. The molecule has 3 rings (SSSR count). The molecule has 108 valence electrons. The van der Waals surface area contributed by atoms with Crippen LogP contribution in [0.5, 0.6) is 0 Å². The van der Waals surface area contributed by atoms with E-state index in [9.17, 15) is 0 Å². The van der Waals surface area contributed by atoms with Gasteiger partial charge < -0.3 is 5.32 Å². The topological polar surface area (TPSA) is 12.0 Å². The molecule has 0 saturated heterocycles. The summed E-state index contributed by atoms with van der Waals surface area (Å²) >= 11 is 8.18. The lowest BCUT2D eigenvalue weighted by molar-refractivity contribution is 0.900. The van der Waals surface area contributed by atoms with Crippen molar-refractivity contribution < 1.29 is 0 Å². The van der Waals surface area contributed by atoms with E-state index < -0.39 is 0 Å². The minimum Gasteiger partial charge on any atom is -0.376 e. The van der Waals surface area contributed by atoms with Crippen LogP contribution in [0.1, 0.15) is 29.0 Å². The molecule has 1 aromatic heterocycles. The number of thiophene rings is 1. The molecule has 0 saturated carbocycles. The number of halogens is 1. The molecule has 3 aromatic rings. The third kappa shape index (κ3) is 2.78. The Labute approximate surface area is 134 Å². The highest BCUT2D eigenvalue weighted by molar-refractivity contribution is 7.19. The van der Waals surface area contributed by atoms with Gasteiger partial charge in [-0.1, -0.05) is 35.9 Å². The molecule has 1 N–H and O–H groups in total. The predicted octanol–water partition coefficient (Wildman–Crippen LogP) is 6.34. The Morgan fingerprint density at radius 3 is 2.57 bits per heavy atom. The van der Waals surface area contributed by atoms with E-state index in [0.29, 0.717) is 0 Å². The summed E-state index contributed by atoms with van der Waals surface area (Å²) < 4.78 is 1.34. The van der Waals surface area contributed by atoms with Gasteiger partial charge in [0.15, 0.2) is 0 Å². The molecule has 1 unspecified atom stereocenters. The molecule has 0 aliphatic carbocycles. The summed E-state index contributed by atoms with van der Waals surface area (Å²) in [5.41, 5.74) is 3.53. The van der Waals surface area contributed by atoms with E-state index in [0.717, 1.165) is 10.7 Å². The molecular weight excluding hydrogens is 298 g/mol. The molecule has 1 atom stereocenters. The van der Waals surface area contributed by atoms with Gasteiger partial charge in [0, 0.05) is 9.58 Å². The zero-order valence-corrected chi connectivity index (χ0v) is 14.0. The molecular formula is C18H18ClNS. The summed E-state index contributed by atoms with van der Waals surface area (Å²) in [4.78, 5) is 1.37. The number of rotatable bonds is 3. The third-order valence-electron chi connectivity index (χ3n) is 3.77. The van der Waals surface area contributed by atoms with Crippen LogP contribution in [0.25, 0.3) is 10.1 Å². The van der Waals surface area contributed by atoms with Crippen molar-refractivity contribution in [2.75, 3.05) is 5.32 Å². The van der Waals surface area contributed by atoms with Crippen molar-refractivity contribution in [2.24, 2.45) is 0 Å². The number of nitrogens with one attached hydrogen (secondary N) is 1. The number of anilines is 1. The van der Waals surface area contributed by atoms with Crippen LogP contribution in [0.15, 0.2) is 42.5 Å². The molecule has 0 radical (unpaired) electrons. The van der Waals surface area contributed by atoms with Crippen LogP contribution in [-0.2, 0) is 0 Å². The highest BCUT2D eigenvalue weighted by atomic mass is 35.5. The minimum absolute atomic E-state index is 0.239. The van der Waals surface area contributed by atoms with Crippen molar-refractivity contribution in [3.05, 3.63) is 63.5 Å². The van der Waals surface area contributed by atoms with Gasteiger partial charge in [-0.15, -0.1) is 11.3 Å². The van der Waals surface area contributed by atoms with E-state index >= 15 is 0 Å². The van der Waals surface area contributed by atoms with Crippen molar-refractivity contribution in [3.8, 4) is 0 Å². The average Bonchev–Trinajstić information content (AvgIpc) is 2.80. The second kappa shape index (κ2) is 5.70. The molecule has 1 nitrogen and oxygen atoms in total. The van der Waals surface area contributed by atoms with Crippen molar-refractivity contribution >= 4 is 38.7 Å². The van der Waals surface area contributed by atoms with E-state index in [1.165, 1.54) is 26.1 Å². The van der Waals surface area contributed by atoms with Gasteiger partial charge in [-0.05, 0) is 55.5 Å². The number of hydrogen-bond donors (Lipinski definition) is 1. The molecule has 1 heterocycles. The van der Waals surface area contributed by atoms with Gasteiger partial charge in [0.1, 0.15) is 0 Å². The predicted molar refractivity (Wildman–Crippen MR) is 94.8 cm³/mol. The Bertz CT molecular complexity index is 791. The normalized spacial score (nSPS) is 12.6. The average molecular weight is 316 g/mol. The van der Waals surface area contributed by atoms with Gasteiger partial charge in [-0.25, -0.2) is 0 Å². The number of aryl methyl sites for hydroxylation is 2. The van der Waals surface area contributed by atoms with E-state index in [-0.39, 0.29) is 6.04 Å². The second-order valence-electron chi connectivity index (χ2n) is 5.44. The van der Waals surface area contributed by atoms with Gasteiger partial charge in [0.25, 0.3) is 0 Å². The number of hydrogen-bond acceptors (Lipinski definition) is 2. The second-order valence-corrected chi connectivity index (χ2v) is 6.93. The van der Waals surface area contributed by atoms with Crippen LogP contribution in [0.2, 0.25) is 5.02 Å². The van der Waals surface area contributed by atoms with Crippen molar-refractivity contribution in [2.45, 2.75) is 26.8 Å². The maximum atomic E-state index is 6.32.